The quantitative estimate of drug-likeness (QED) is 0.0688. The Morgan fingerprint density at radius 1 is 0.605 bits per heavy atom. The molecular formula is C56H52Cl4I6N8O7. The molecule has 2 saturated carbocycles. The molecule has 2 aliphatic heterocycles. The van der Waals surface area contributed by atoms with Gasteiger partial charge in [0, 0.05) is 122 Å². The molecule has 8 aromatic rings. The number of halogens is 10. The SMILES string of the molecule is II(I)I(I)I.O=C(O)c1ccc2cc(N3CCN(CCc4c(-c5c(Cl)cccc5Cl)noc4C4CC4)CC3)ccc2n1.O=C(O)c1ccc2cc(N3CCNCC3)ccc2n1.O=CCc1c(-c2c(Cl)cccc2Cl)noc1C1CC1. The number of nitrogens with one attached hydrogen (secondary N) is 1. The van der Waals surface area contributed by atoms with Gasteiger partial charge in [0.2, 0.25) is 0 Å². The van der Waals surface area contributed by atoms with Gasteiger partial charge in [-0.2, -0.15) is 0 Å². The predicted octanol–water partition coefficient (Wildman–Crippen LogP) is 17.1. The number of hydrogen-bond acceptors (Lipinski definition) is 13. The summed E-state index contributed by atoms with van der Waals surface area (Å²) in [7, 11) is -0.628. The van der Waals surface area contributed by atoms with Crippen LogP contribution in [0.5, 0.6) is 0 Å². The first kappa shape index (κ1) is 63.3. The number of fused-ring (bicyclic) bond motifs is 2. The van der Waals surface area contributed by atoms with E-state index in [9.17, 15) is 19.5 Å². The Bertz CT molecular complexity index is 3490. The van der Waals surface area contributed by atoms with Crippen molar-refractivity contribution >= 4 is 188 Å². The van der Waals surface area contributed by atoms with E-state index in [1.807, 2.05) is 54.6 Å². The molecule has 15 nitrogen and oxygen atoms in total. The molecule has 3 N–H and O–H groups in total. The fourth-order valence-electron chi connectivity index (χ4n) is 9.62. The molecule has 2 saturated heterocycles. The summed E-state index contributed by atoms with van der Waals surface area (Å²) in [6.07, 6.45) is 6.39. The average molecular weight is 1850 g/mol. The molecule has 4 aromatic carbocycles. The van der Waals surface area contributed by atoms with E-state index in [-0.39, 0.29) is 33.6 Å². The van der Waals surface area contributed by atoms with Gasteiger partial charge in [0.1, 0.15) is 40.6 Å². The van der Waals surface area contributed by atoms with Crippen molar-refractivity contribution in [3.63, 3.8) is 0 Å². The Morgan fingerprint density at radius 2 is 1.04 bits per heavy atom. The van der Waals surface area contributed by atoms with Gasteiger partial charge in [-0.05, 0) is 105 Å². The second-order valence-corrected chi connectivity index (χ2v) is 118. The Kier molecular flexibility index (Phi) is 23.4. The number of aromatic carboxylic acids is 2. The third kappa shape index (κ3) is 16.7. The van der Waals surface area contributed by atoms with Gasteiger partial charge in [0.15, 0.2) is 0 Å². The zero-order valence-electron chi connectivity index (χ0n) is 42.9. The maximum absolute atomic E-state index is 11.2. The van der Waals surface area contributed by atoms with E-state index in [4.69, 9.17) is 60.6 Å². The molecular weight excluding hydrogens is 1800 g/mol. The summed E-state index contributed by atoms with van der Waals surface area (Å²) in [5.74, 6) is 0.618. The van der Waals surface area contributed by atoms with Crippen molar-refractivity contribution in [3.8, 4) is 22.5 Å². The number of carboxylic acid groups (broad SMARTS) is 2. The van der Waals surface area contributed by atoms with Gasteiger partial charge in [-0.1, -0.05) is 81.0 Å². The maximum Gasteiger partial charge on any atom is 0.354 e. The number of carbonyl (C=O) groups is 3. The summed E-state index contributed by atoms with van der Waals surface area (Å²) in [4.78, 5) is 48.5. The molecule has 428 valence electrons. The van der Waals surface area contributed by atoms with Crippen molar-refractivity contribution in [1.29, 1.82) is 0 Å². The minimum Gasteiger partial charge on any atom is -0.477 e. The van der Waals surface area contributed by atoms with Crippen molar-refractivity contribution in [2.24, 2.45) is 0 Å². The van der Waals surface area contributed by atoms with E-state index in [0.717, 1.165) is 153 Å². The third-order valence-electron chi connectivity index (χ3n) is 14.0. The molecule has 6 heterocycles. The number of aldehydes is 1. The Morgan fingerprint density at radius 3 is 1.46 bits per heavy atom. The average Bonchev–Trinajstić information content (AvgIpc) is 4.57. The van der Waals surface area contributed by atoms with Gasteiger partial charge < -0.3 is 39.2 Å². The fourth-order valence-corrected chi connectivity index (χ4v) is 10.8. The number of carboxylic acids is 2. The molecule has 2 aliphatic carbocycles. The van der Waals surface area contributed by atoms with Crippen molar-refractivity contribution < 1.29 is 33.6 Å². The van der Waals surface area contributed by atoms with E-state index in [0.29, 0.717) is 48.7 Å². The molecule has 0 bridgehead atoms. The molecule has 0 unspecified atom stereocenters. The van der Waals surface area contributed by atoms with Crippen LogP contribution >= 0.6 is 137 Å². The molecule has 12 rings (SSSR count). The van der Waals surface area contributed by atoms with E-state index < -0.39 is 11.9 Å². The van der Waals surface area contributed by atoms with E-state index in [1.54, 1.807) is 30.3 Å². The Balaban J connectivity index is 0.000000151. The van der Waals surface area contributed by atoms with Crippen LogP contribution in [0.3, 0.4) is 0 Å². The second-order valence-electron chi connectivity index (χ2n) is 19.3. The van der Waals surface area contributed by atoms with Gasteiger partial charge in [-0.3, -0.25) is 4.90 Å². The van der Waals surface area contributed by atoms with Crippen LogP contribution in [0, 0.1) is 0 Å². The van der Waals surface area contributed by atoms with Crippen LogP contribution in [0.15, 0.2) is 106 Å². The van der Waals surface area contributed by atoms with Crippen LogP contribution in [0.1, 0.15) is 81.1 Å². The van der Waals surface area contributed by atoms with Gasteiger partial charge in [0.05, 0.1) is 31.1 Å². The number of benzene rings is 4. The number of anilines is 2. The first-order valence-electron chi connectivity index (χ1n) is 25.7. The summed E-state index contributed by atoms with van der Waals surface area (Å²) in [6.45, 7) is 8.59. The summed E-state index contributed by atoms with van der Waals surface area (Å²) in [5, 5.41) is 34.0. The third-order valence-corrected chi connectivity index (χ3v) is 180. The number of nitrogens with zero attached hydrogens (tertiary/aromatic N) is 7. The summed E-state index contributed by atoms with van der Waals surface area (Å²) in [5.41, 5.74) is 8.54. The van der Waals surface area contributed by atoms with Crippen LogP contribution in [-0.2, 0) is 17.6 Å². The monoisotopic (exact) mass is 1850 g/mol. The smallest absolute Gasteiger partial charge is 0.354 e. The number of piperazine rings is 2. The fraction of sp³-hybridized carbons (Fsp3) is 0.304. The first-order chi connectivity index (χ1) is 39.1. The zero-order valence-corrected chi connectivity index (χ0v) is 58.9. The molecule has 0 spiro atoms. The number of carbonyl (C=O) groups excluding carboxylic acids is 1. The van der Waals surface area contributed by atoms with Crippen molar-refractivity contribution in [2.75, 3.05) is 68.7 Å². The molecule has 0 amide bonds. The predicted molar refractivity (Wildman–Crippen MR) is 377 cm³/mol. The minimum atomic E-state index is -1.01. The molecule has 0 atom stereocenters. The topological polar surface area (TPSA) is 191 Å². The molecule has 81 heavy (non-hydrogen) atoms. The molecule has 0 radical (unpaired) electrons. The second kappa shape index (κ2) is 29.9. The van der Waals surface area contributed by atoms with Gasteiger partial charge in [-0.25, -0.2) is 19.6 Å². The van der Waals surface area contributed by atoms with Crippen LogP contribution in [0.25, 0.3) is 44.3 Å². The summed E-state index contributed by atoms with van der Waals surface area (Å²) < 4.78 is 11.2. The van der Waals surface area contributed by atoms with Crippen LogP contribution in [0.4, 0.5) is 11.4 Å². The number of rotatable bonds is 14. The largest absolute Gasteiger partial charge is 0.477 e. The molecule has 25 heteroatoms. The minimum absolute atomic E-state index is 0.0616. The van der Waals surface area contributed by atoms with Crippen molar-refractivity contribution in [2.45, 2.75) is 50.4 Å². The number of pyridine rings is 2. The molecule has 4 fully saturated rings. The number of aromatic nitrogens is 4. The molecule has 4 aliphatic rings. The summed E-state index contributed by atoms with van der Waals surface area (Å²) in [6, 6.07) is 29.5. The van der Waals surface area contributed by atoms with Crippen LogP contribution in [0.2, 0.25) is 20.1 Å². The van der Waals surface area contributed by atoms with E-state index >= 15 is 0 Å². The standard InChI is InChI=1S/C28H26Cl2N4O3.C14H11Cl2NO2.C14H15N3O2.I6/c29-21-2-1-3-22(30)25(21)26-20(27(37-32-26)17-4-5-17)10-11-33-12-14-34(15-13-33)19-7-9-23-18(16-19)6-8-24(31-23)28(35)36;15-10-2-1-3-11(16)12(10)13-9(6-7-18)14(19-17-13)8-4-5-8;18-14(19)13-3-1-10-9-11(2-4-12(10)16-13)17-7-5-15-6-8-17;1-5(2)6(3)4/h1-3,6-9,16-17H,4-5,10-15H2,(H,35,36);1-3,7-8H,4-6H2;1-4,9,15H,5-8H2,(H,18,19);. The normalized spacial score (nSPS) is 15.7. The van der Waals surface area contributed by atoms with Gasteiger partial charge in [-0.15, -0.1) is 0 Å². The van der Waals surface area contributed by atoms with Crippen molar-refractivity contribution in [1.82, 2.24) is 30.5 Å². The maximum atomic E-state index is 11.2. The van der Waals surface area contributed by atoms with Crippen LogP contribution < -0.4 is 15.1 Å². The van der Waals surface area contributed by atoms with Gasteiger partial charge >= 0.3 is 102 Å². The Labute approximate surface area is 537 Å². The van der Waals surface area contributed by atoms with Crippen LogP contribution in [-0.4, -0.2) is 113 Å². The number of hydrogen-bond donors (Lipinski definition) is 3. The van der Waals surface area contributed by atoms with Gasteiger partial charge in [0.25, 0.3) is 0 Å². The summed E-state index contributed by atoms with van der Waals surface area (Å²) >= 11 is 35.9. The van der Waals surface area contributed by atoms with E-state index in [1.165, 1.54) is 5.69 Å². The van der Waals surface area contributed by atoms with Crippen molar-refractivity contribution in [3.05, 3.63) is 151 Å². The first-order valence-corrected chi connectivity index (χ1v) is 58.6. The Hall–Kier alpha value is -2.21. The zero-order chi connectivity index (χ0) is 57.3. The molecule has 4 aromatic heterocycles. The van der Waals surface area contributed by atoms with E-state index in [2.05, 4.69) is 127 Å².